The van der Waals surface area contributed by atoms with Gasteiger partial charge in [0.1, 0.15) is 0 Å². The Morgan fingerprint density at radius 3 is 2.51 bits per heavy atom. The van der Waals surface area contributed by atoms with E-state index in [1.165, 1.54) is 4.90 Å². The molecular weight excluding hydrogens is 457 g/mol. The number of halogens is 3. The molecule has 8 heteroatoms. The van der Waals surface area contributed by atoms with E-state index in [4.69, 9.17) is 14.5 Å². The van der Waals surface area contributed by atoms with Crippen LogP contribution in [0.1, 0.15) is 46.9 Å². The molecule has 0 bridgehead atoms. The van der Waals surface area contributed by atoms with Crippen molar-refractivity contribution in [1.29, 1.82) is 0 Å². The molecule has 1 amide bonds. The van der Waals surface area contributed by atoms with Gasteiger partial charge in [-0.15, -0.1) is 0 Å². The molecule has 1 heterocycles. The van der Waals surface area contributed by atoms with Crippen LogP contribution in [-0.2, 0) is 6.42 Å². The van der Waals surface area contributed by atoms with E-state index in [9.17, 15) is 18.0 Å². The molecule has 0 N–H and O–H groups in total. The minimum absolute atomic E-state index is 0.189. The summed E-state index contributed by atoms with van der Waals surface area (Å²) in [7, 11) is 3.15. The highest BCUT2D eigenvalue weighted by Gasteiger charge is 2.32. The maximum Gasteiger partial charge on any atom is 0.390 e. The third-order valence-electron chi connectivity index (χ3n) is 6.24. The van der Waals surface area contributed by atoms with Crippen molar-refractivity contribution in [1.82, 2.24) is 9.88 Å². The number of hydrogen-bond acceptors (Lipinski definition) is 4. The van der Waals surface area contributed by atoms with E-state index in [-0.39, 0.29) is 19.0 Å². The first-order valence-electron chi connectivity index (χ1n) is 11.5. The highest BCUT2D eigenvalue weighted by atomic mass is 19.4. The molecule has 0 aliphatic heterocycles. The number of rotatable bonds is 7. The molecule has 35 heavy (non-hydrogen) atoms. The smallest absolute Gasteiger partial charge is 0.390 e. The van der Waals surface area contributed by atoms with Crippen LogP contribution in [0.25, 0.3) is 22.6 Å². The molecule has 1 aliphatic rings. The van der Waals surface area contributed by atoms with Crippen molar-refractivity contribution >= 4 is 28.5 Å². The maximum atomic E-state index is 13.6. The zero-order valence-electron chi connectivity index (χ0n) is 19.9. The first-order valence-corrected chi connectivity index (χ1v) is 11.5. The van der Waals surface area contributed by atoms with Gasteiger partial charge < -0.3 is 14.4 Å². The highest BCUT2D eigenvalue weighted by molar-refractivity contribution is 6.09. The number of ether oxygens (including phenoxy) is 2. The molecule has 3 aromatic rings. The molecule has 0 unspecified atom stereocenters. The van der Waals surface area contributed by atoms with Gasteiger partial charge in [-0.25, -0.2) is 4.98 Å². The van der Waals surface area contributed by atoms with Gasteiger partial charge in [-0.3, -0.25) is 4.79 Å². The second kappa shape index (κ2) is 9.98. The summed E-state index contributed by atoms with van der Waals surface area (Å²) in [5.41, 5.74) is 4.45. The summed E-state index contributed by atoms with van der Waals surface area (Å²) in [5.74, 6) is 0.835. The normalized spacial score (nSPS) is 14.3. The number of hydrogen-bond donors (Lipinski definition) is 0. The maximum absolute atomic E-state index is 13.6. The molecular formula is C27H27F3N2O3. The summed E-state index contributed by atoms with van der Waals surface area (Å²) in [6.45, 7) is 1.51. The van der Waals surface area contributed by atoms with Gasteiger partial charge in [0.05, 0.1) is 37.4 Å². The molecule has 0 fully saturated rings. The van der Waals surface area contributed by atoms with Gasteiger partial charge in [0, 0.05) is 18.5 Å². The number of carbonyl (C=O) groups is 1. The fourth-order valence-corrected chi connectivity index (χ4v) is 4.49. The number of benzene rings is 2. The van der Waals surface area contributed by atoms with E-state index < -0.39 is 12.6 Å². The van der Waals surface area contributed by atoms with Crippen LogP contribution >= 0.6 is 0 Å². The summed E-state index contributed by atoms with van der Waals surface area (Å²) in [5, 5.41) is 0.661. The van der Waals surface area contributed by atoms with E-state index in [0.717, 1.165) is 16.7 Å². The summed E-state index contributed by atoms with van der Waals surface area (Å²) in [6.07, 6.45) is -2.11. The number of pyridine rings is 1. The Morgan fingerprint density at radius 2 is 1.83 bits per heavy atom. The van der Waals surface area contributed by atoms with Gasteiger partial charge in [-0.05, 0) is 60.7 Å². The number of para-hydroxylation sites is 1. The van der Waals surface area contributed by atoms with Crippen molar-refractivity contribution in [2.75, 3.05) is 27.3 Å². The summed E-state index contributed by atoms with van der Waals surface area (Å²) < 4.78 is 49.4. The van der Waals surface area contributed by atoms with Gasteiger partial charge in [0.2, 0.25) is 0 Å². The predicted molar refractivity (Wildman–Crippen MR) is 130 cm³/mol. The molecule has 0 radical (unpaired) electrons. The summed E-state index contributed by atoms with van der Waals surface area (Å²) in [4.78, 5) is 19.7. The SMILES string of the molecule is CCN(CCC(F)(F)F)C(=O)c1c2c(nc3ccccc13)/C(=C\c1ccc(OC)c(OC)c1)CC2. The standard InChI is InChI=1S/C27H27F3N2O3/c1-4-32(14-13-27(28,29)30)26(33)24-19-7-5-6-8-21(19)31-25-18(10-11-20(24)25)15-17-9-12-22(34-2)23(16-17)35-3/h5-9,12,15-16H,4,10-11,13-14H2,1-3H3/b18-15-. The Hall–Kier alpha value is -3.55. The number of carbonyl (C=O) groups excluding carboxylic acids is 1. The van der Waals surface area contributed by atoms with E-state index in [0.29, 0.717) is 46.5 Å². The van der Waals surface area contributed by atoms with Crippen molar-refractivity contribution < 1.29 is 27.4 Å². The number of allylic oxidation sites excluding steroid dienone is 1. The van der Waals surface area contributed by atoms with Crippen LogP contribution in [0, 0.1) is 0 Å². The first kappa shape index (κ1) is 24.6. The highest BCUT2D eigenvalue weighted by Crippen LogP contribution is 2.39. The second-order valence-corrected chi connectivity index (χ2v) is 8.37. The van der Waals surface area contributed by atoms with Crippen molar-refractivity contribution in [3.8, 4) is 11.5 Å². The van der Waals surface area contributed by atoms with Crippen LogP contribution in [0.15, 0.2) is 42.5 Å². The number of nitrogens with zero attached hydrogens (tertiary/aromatic N) is 2. The molecule has 0 atom stereocenters. The minimum atomic E-state index is -4.33. The van der Waals surface area contributed by atoms with Crippen molar-refractivity contribution in [2.45, 2.75) is 32.4 Å². The van der Waals surface area contributed by atoms with Gasteiger partial charge in [-0.1, -0.05) is 24.3 Å². The lowest BCUT2D eigenvalue weighted by atomic mass is 9.99. The van der Waals surface area contributed by atoms with E-state index in [1.807, 2.05) is 48.5 Å². The van der Waals surface area contributed by atoms with E-state index >= 15 is 0 Å². The van der Waals surface area contributed by atoms with Gasteiger partial charge in [-0.2, -0.15) is 13.2 Å². The van der Waals surface area contributed by atoms with Crippen LogP contribution in [0.5, 0.6) is 11.5 Å². The third-order valence-corrected chi connectivity index (χ3v) is 6.24. The summed E-state index contributed by atoms with van der Waals surface area (Å²) >= 11 is 0. The quantitative estimate of drug-likeness (QED) is 0.404. The van der Waals surface area contributed by atoms with Crippen LogP contribution in [0.4, 0.5) is 13.2 Å². The zero-order chi connectivity index (χ0) is 25.2. The molecule has 5 nitrogen and oxygen atoms in total. The molecule has 2 aromatic carbocycles. The van der Waals surface area contributed by atoms with Gasteiger partial charge in [0.15, 0.2) is 11.5 Å². The average molecular weight is 485 g/mol. The Labute approximate surface area is 202 Å². The van der Waals surface area contributed by atoms with Crippen molar-refractivity contribution in [2.24, 2.45) is 0 Å². The van der Waals surface area contributed by atoms with Crippen LogP contribution in [0.2, 0.25) is 0 Å². The number of aromatic nitrogens is 1. The third kappa shape index (κ3) is 5.11. The van der Waals surface area contributed by atoms with Crippen molar-refractivity contribution in [3.05, 3.63) is 64.8 Å². The van der Waals surface area contributed by atoms with E-state index in [2.05, 4.69) is 0 Å². The first-order chi connectivity index (χ1) is 16.8. The average Bonchev–Trinajstić information content (AvgIpc) is 3.23. The molecule has 1 aliphatic carbocycles. The van der Waals surface area contributed by atoms with Crippen LogP contribution in [-0.4, -0.2) is 49.3 Å². The van der Waals surface area contributed by atoms with Gasteiger partial charge >= 0.3 is 6.18 Å². The molecule has 184 valence electrons. The Bertz CT molecular complexity index is 1280. The molecule has 0 saturated heterocycles. The molecule has 4 rings (SSSR count). The van der Waals surface area contributed by atoms with Crippen molar-refractivity contribution in [3.63, 3.8) is 0 Å². The molecule has 1 aromatic heterocycles. The fourth-order valence-electron chi connectivity index (χ4n) is 4.49. The van der Waals surface area contributed by atoms with Gasteiger partial charge in [0.25, 0.3) is 5.91 Å². The lowest BCUT2D eigenvalue weighted by Crippen LogP contribution is -2.34. The Morgan fingerprint density at radius 1 is 1.09 bits per heavy atom. The minimum Gasteiger partial charge on any atom is -0.493 e. The lowest BCUT2D eigenvalue weighted by molar-refractivity contribution is -0.136. The van der Waals surface area contributed by atoms with E-state index in [1.54, 1.807) is 21.1 Å². The number of alkyl halides is 3. The molecule has 0 saturated carbocycles. The number of amides is 1. The number of fused-ring (bicyclic) bond motifs is 2. The predicted octanol–water partition coefficient (Wildman–Crippen LogP) is 6.15. The second-order valence-electron chi connectivity index (χ2n) is 8.37. The molecule has 0 spiro atoms. The number of methoxy groups -OCH3 is 2. The lowest BCUT2D eigenvalue weighted by Gasteiger charge is -2.23. The largest absolute Gasteiger partial charge is 0.493 e. The Balaban J connectivity index is 1.79. The topological polar surface area (TPSA) is 51.7 Å². The fraction of sp³-hybridized carbons (Fsp3) is 0.333. The zero-order valence-corrected chi connectivity index (χ0v) is 19.9. The Kier molecular flexibility index (Phi) is 7.00. The summed E-state index contributed by atoms with van der Waals surface area (Å²) in [6, 6.07) is 12.9. The van der Waals surface area contributed by atoms with Crippen LogP contribution < -0.4 is 9.47 Å². The monoisotopic (exact) mass is 484 g/mol. The van der Waals surface area contributed by atoms with Crippen LogP contribution in [0.3, 0.4) is 0 Å².